The maximum atomic E-state index is 12.9. The fraction of sp³-hybridized carbons (Fsp3) is 0.519. The first kappa shape index (κ1) is 25.9. The highest BCUT2D eigenvalue weighted by atomic mass is 17.1. The van der Waals surface area contributed by atoms with Crippen molar-refractivity contribution in [3.8, 4) is 5.75 Å². The van der Waals surface area contributed by atoms with Crippen molar-refractivity contribution in [1.29, 1.82) is 0 Å². The van der Waals surface area contributed by atoms with Gasteiger partial charge in [-0.05, 0) is 24.1 Å². The second kappa shape index (κ2) is 16.3. The summed E-state index contributed by atoms with van der Waals surface area (Å²) in [5.41, 5.74) is 1.01. The lowest BCUT2D eigenvalue weighted by Crippen LogP contribution is -2.34. The molecule has 0 radical (unpaired) electrons. The molecule has 0 saturated heterocycles. The Balaban J connectivity index is 1.86. The van der Waals surface area contributed by atoms with E-state index in [0.717, 1.165) is 30.6 Å². The zero-order valence-corrected chi connectivity index (χ0v) is 19.3. The van der Waals surface area contributed by atoms with Crippen LogP contribution in [0, 0.1) is 5.92 Å². The van der Waals surface area contributed by atoms with E-state index in [-0.39, 0.29) is 19.2 Å². The number of benzene rings is 2. The summed E-state index contributed by atoms with van der Waals surface area (Å²) < 4.78 is 11.1. The van der Waals surface area contributed by atoms with Crippen molar-refractivity contribution in [2.75, 3.05) is 13.2 Å². The van der Waals surface area contributed by atoms with Crippen molar-refractivity contribution in [1.82, 2.24) is 0 Å². The van der Waals surface area contributed by atoms with E-state index in [1.54, 1.807) is 0 Å². The van der Waals surface area contributed by atoms with Crippen LogP contribution in [0.15, 0.2) is 60.7 Å². The van der Waals surface area contributed by atoms with Gasteiger partial charge < -0.3 is 9.47 Å². The number of para-hydroxylation sites is 1. The quantitative estimate of drug-likeness (QED) is 0.132. The molecule has 0 bridgehead atoms. The van der Waals surface area contributed by atoms with Crippen LogP contribution in [0.25, 0.3) is 0 Å². The lowest BCUT2D eigenvalue weighted by Gasteiger charge is -2.23. The van der Waals surface area contributed by atoms with Gasteiger partial charge in [-0.25, -0.2) is 4.89 Å². The molecule has 0 spiro atoms. The highest BCUT2D eigenvalue weighted by Crippen LogP contribution is 2.22. The average molecular weight is 443 g/mol. The Kier molecular flexibility index (Phi) is 13.2. The van der Waals surface area contributed by atoms with Crippen LogP contribution < -0.4 is 4.74 Å². The molecule has 2 aromatic rings. The van der Waals surface area contributed by atoms with Crippen molar-refractivity contribution in [2.45, 2.75) is 70.8 Å². The minimum atomic E-state index is -0.639. The molecule has 2 aromatic carbocycles. The number of carbonyl (C=O) groups is 1. The molecule has 2 rings (SSSR count). The second-order valence-corrected chi connectivity index (χ2v) is 8.18. The van der Waals surface area contributed by atoms with E-state index >= 15 is 0 Å². The van der Waals surface area contributed by atoms with Crippen LogP contribution in [0.3, 0.4) is 0 Å². The van der Waals surface area contributed by atoms with Crippen LogP contribution in [0.4, 0.5) is 0 Å². The fourth-order valence-corrected chi connectivity index (χ4v) is 3.80. The monoisotopic (exact) mass is 442 g/mol. The third-order valence-electron chi connectivity index (χ3n) is 5.62. The molecule has 2 unspecified atom stereocenters. The first-order valence-electron chi connectivity index (χ1n) is 11.9. The summed E-state index contributed by atoms with van der Waals surface area (Å²) in [6.45, 7) is 2.65. The SMILES string of the molecule is CCCCCCCCCC(C(=O)OCCOc1ccccc1)C(Cc1ccccc1)OO. The van der Waals surface area contributed by atoms with Gasteiger partial charge in [0.05, 0.1) is 5.92 Å². The molecular weight excluding hydrogens is 404 g/mol. The maximum Gasteiger partial charge on any atom is 0.311 e. The van der Waals surface area contributed by atoms with Crippen molar-refractivity contribution in [2.24, 2.45) is 5.92 Å². The van der Waals surface area contributed by atoms with Crippen molar-refractivity contribution in [3.63, 3.8) is 0 Å². The van der Waals surface area contributed by atoms with Gasteiger partial charge in [0.2, 0.25) is 0 Å². The molecule has 5 nitrogen and oxygen atoms in total. The van der Waals surface area contributed by atoms with Crippen molar-refractivity contribution < 1.29 is 24.4 Å². The van der Waals surface area contributed by atoms with Gasteiger partial charge in [0.15, 0.2) is 0 Å². The topological polar surface area (TPSA) is 65.0 Å². The predicted octanol–water partition coefficient (Wildman–Crippen LogP) is 6.47. The molecule has 0 fully saturated rings. The molecule has 0 aliphatic rings. The largest absolute Gasteiger partial charge is 0.490 e. The molecule has 1 N–H and O–H groups in total. The van der Waals surface area contributed by atoms with E-state index in [4.69, 9.17) is 14.4 Å². The average Bonchev–Trinajstić information content (AvgIpc) is 2.83. The van der Waals surface area contributed by atoms with Gasteiger partial charge in [-0.1, -0.05) is 100 Å². The van der Waals surface area contributed by atoms with Crippen LogP contribution in [0.5, 0.6) is 5.75 Å². The molecule has 5 heteroatoms. The van der Waals surface area contributed by atoms with Gasteiger partial charge in [-0.2, -0.15) is 0 Å². The second-order valence-electron chi connectivity index (χ2n) is 8.18. The predicted molar refractivity (Wildman–Crippen MR) is 127 cm³/mol. The number of unbranched alkanes of at least 4 members (excludes halogenated alkanes) is 6. The molecule has 176 valence electrons. The number of ether oxygens (including phenoxy) is 2. The standard InChI is InChI=1S/C27H38O5/c1-2-3-4-5-6-7-14-19-25(26(32-29)22-23-15-10-8-11-16-23)27(28)31-21-20-30-24-17-12-9-13-18-24/h8-13,15-18,25-26,29H,2-7,14,19-22H2,1H3. The van der Waals surface area contributed by atoms with E-state index in [1.165, 1.54) is 25.7 Å². The van der Waals surface area contributed by atoms with Gasteiger partial charge in [-0.3, -0.25) is 10.1 Å². The lowest BCUT2D eigenvalue weighted by atomic mass is 9.91. The molecule has 0 aliphatic carbocycles. The zero-order valence-electron chi connectivity index (χ0n) is 19.3. The van der Waals surface area contributed by atoms with Gasteiger partial charge >= 0.3 is 5.97 Å². The Morgan fingerprint density at radius 1 is 0.844 bits per heavy atom. The number of hydrogen-bond acceptors (Lipinski definition) is 5. The minimum Gasteiger partial charge on any atom is -0.490 e. The fourth-order valence-electron chi connectivity index (χ4n) is 3.80. The Bertz CT molecular complexity index is 719. The van der Waals surface area contributed by atoms with Gasteiger partial charge in [-0.15, -0.1) is 0 Å². The molecular formula is C27H38O5. The summed E-state index contributed by atoms with van der Waals surface area (Å²) in [6.07, 6.45) is 8.57. The lowest BCUT2D eigenvalue weighted by molar-refractivity contribution is -0.290. The van der Waals surface area contributed by atoms with Crippen LogP contribution in [0.2, 0.25) is 0 Å². The highest BCUT2D eigenvalue weighted by Gasteiger charge is 2.31. The Morgan fingerprint density at radius 2 is 1.47 bits per heavy atom. The van der Waals surface area contributed by atoms with Crippen LogP contribution >= 0.6 is 0 Å². The summed E-state index contributed by atoms with van der Waals surface area (Å²) in [5, 5.41) is 9.59. The molecule has 0 amide bonds. The summed E-state index contributed by atoms with van der Waals surface area (Å²) >= 11 is 0. The van der Waals surface area contributed by atoms with E-state index < -0.39 is 12.0 Å². The number of esters is 1. The molecule has 0 aromatic heterocycles. The van der Waals surface area contributed by atoms with Gasteiger partial charge in [0, 0.05) is 6.42 Å². The van der Waals surface area contributed by atoms with Crippen molar-refractivity contribution in [3.05, 3.63) is 66.2 Å². The number of carbonyl (C=O) groups excluding carboxylic acids is 1. The molecule has 0 saturated carbocycles. The molecule has 0 heterocycles. The zero-order chi connectivity index (χ0) is 22.9. The van der Waals surface area contributed by atoms with E-state index in [0.29, 0.717) is 12.8 Å². The number of hydrogen-bond donors (Lipinski definition) is 1. The third-order valence-corrected chi connectivity index (χ3v) is 5.62. The van der Waals surface area contributed by atoms with E-state index in [9.17, 15) is 10.1 Å². The van der Waals surface area contributed by atoms with Crippen LogP contribution in [0.1, 0.15) is 63.9 Å². The smallest absolute Gasteiger partial charge is 0.311 e. The maximum absolute atomic E-state index is 12.9. The Hall–Kier alpha value is -2.37. The molecule has 0 aliphatic heterocycles. The summed E-state index contributed by atoms with van der Waals surface area (Å²) in [6, 6.07) is 19.2. The normalized spacial score (nSPS) is 12.8. The van der Waals surface area contributed by atoms with Crippen LogP contribution in [-0.4, -0.2) is 30.5 Å². The summed E-state index contributed by atoms with van der Waals surface area (Å²) in [4.78, 5) is 17.7. The van der Waals surface area contributed by atoms with Gasteiger partial charge in [0.1, 0.15) is 25.1 Å². The first-order chi connectivity index (χ1) is 15.7. The summed E-state index contributed by atoms with van der Waals surface area (Å²) in [5.74, 6) is -0.126. The number of rotatable bonds is 17. The van der Waals surface area contributed by atoms with Crippen molar-refractivity contribution >= 4 is 5.97 Å². The Morgan fingerprint density at radius 3 is 2.12 bits per heavy atom. The third kappa shape index (κ3) is 10.3. The highest BCUT2D eigenvalue weighted by molar-refractivity contribution is 5.73. The van der Waals surface area contributed by atoms with Gasteiger partial charge in [0.25, 0.3) is 0 Å². The van der Waals surface area contributed by atoms with Crippen LogP contribution in [-0.2, 0) is 20.8 Å². The minimum absolute atomic E-state index is 0.157. The molecule has 2 atom stereocenters. The Labute approximate surface area is 192 Å². The van der Waals surface area contributed by atoms with E-state index in [1.807, 2.05) is 60.7 Å². The molecule has 32 heavy (non-hydrogen) atoms. The summed E-state index contributed by atoms with van der Waals surface area (Å²) in [7, 11) is 0. The first-order valence-corrected chi connectivity index (χ1v) is 11.9. The van der Waals surface area contributed by atoms with E-state index in [2.05, 4.69) is 6.92 Å².